The summed E-state index contributed by atoms with van der Waals surface area (Å²) in [4.78, 5) is 23.8. The predicted octanol–water partition coefficient (Wildman–Crippen LogP) is 2.86. The fourth-order valence-corrected chi connectivity index (χ4v) is 3.03. The maximum absolute atomic E-state index is 12.0. The highest BCUT2D eigenvalue weighted by atomic mass is 32.2. The van der Waals surface area contributed by atoms with Crippen LogP contribution in [-0.4, -0.2) is 16.8 Å². The number of rotatable bonds is 5. The van der Waals surface area contributed by atoms with Gasteiger partial charge in [-0.25, -0.2) is 0 Å². The molecule has 1 aliphatic heterocycles. The van der Waals surface area contributed by atoms with Crippen LogP contribution in [-0.2, 0) is 16.0 Å². The van der Waals surface area contributed by atoms with Crippen LogP contribution in [0.5, 0.6) is 0 Å². The third kappa shape index (κ3) is 3.88. The van der Waals surface area contributed by atoms with Crippen molar-refractivity contribution in [3.8, 4) is 12.3 Å². The number of terminal acetylenes is 1. The van der Waals surface area contributed by atoms with Crippen molar-refractivity contribution in [1.82, 2.24) is 0 Å². The monoisotopic (exact) mass is 287 g/mol. The number of thioether (sulfide) groups is 1. The van der Waals surface area contributed by atoms with Crippen molar-refractivity contribution in [2.24, 2.45) is 5.92 Å². The first-order valence-corrected chi connectivity index (χ1v) is 7.67. The lowest BCUT2D eigenvalue weighted by Gasteiger charge is -2.23. The molecule has 0 aliphatic carbocycles. The van der Waals surface area contributed by atoms with Gasteiger partial charge in [-0.1, -0.05) is 30.0 Å². The number of nitrogens with one attached hydrogen (secondary N) is 1. The minimum atomic E-state index is -0.252. The van der Waals surface area contributed by atoms with Crippen molar-refractivity contribution in [2.45, 2.75) is 25.7 Å². The van der Waals surface area contributed by atoms with Gasteiger partial charge in [0.25, 0.3) is 0 Å². The minimum Gasteiger partial charge on any atom is -0.326 e. The molecule has 4 heteroatoms. The summed E-state index contributed by atoms with van der Waals surface area (Å²) in [6.07, 6.45) is 7.62. The van der Waals surface area contributed by atoms with Crippen molar-refractivity contribution in [3.63, 3.8) is 0 Å². The van der Waals surface area contributed by atoms with E-state index in [-0.39, 0.29) is 16.9 Å². The van der Waals surface area contributed by atoms with Crippen LogP contribution >= 0.6 is 11.8 Å². The van der Waals surface area contributed by atoms with E-state index in [0.29, 0.717) is 19.3 Å². The first-order valence-electron chi connectivity index (χ1n) is 6.68. The van der Waals surface area contributed by atoms with Gasteiger partial charge in [0.15, 0.2) is 5.12 Å². The highest BCUT2D eigenvalue weighted by Crippen LogP contribution is 2.28. The van der Waals surface area contributed by atoms with Gasteiger partial charge in [0, 0.05) is 24.3 Å². The molecule has 1 N–H and O–H groups in total. The van der Waals surface area contributed by atoms with Gasteiger partial charge in [-0.05, 0) is 24.5 Å². The van der Waals surface area contributed by atoms with Crippen LogP contribution in [0.4, 0.5) is 5.69 Å². The average molecular weight is 287 g/mol. The Hall–Kier alpha value is -1.73. The number of para-hydroxylation sites is 1. The highest BCUT2D eigenvalue weighted by molar-refractivity contribution is 8.13. The second-order valence-corrected chi connectivity index (χ2v) is 5.93. The van der Waals surface area contributed by atoms with E-state index < -0.39 is 0 Å². The van der Waals surface area contributed by atoms with E-state index in [4.69, 9.17) is 6.42 Å². The molecule has 1 heterocycles. The second kappa shape index (κ2) is 7.16. The predicted molar refractivity (Wildman–Crippen MR) is 82.4 cm³/mol. The summed E-state index contributed by atoms with van der Waals surface area (Å²) in [6, 6.07) is 7.72. The van der Waals surface area contributed by atoms with E-state index in [1.54, 1.807) is 0 Å². The molecule has 0 radical (unpaired) electrons. The standard InChI is InChI=1S/C16H17NO2S/c1-2-3-6-9-20-15(18)11-13-10-12-7-4-5-8-14(12)17-16(13)19/h1,4-5,7-8,13H,3,6,9-11H2,(H,17,19). The van der Waals surface area contributed by atoms with Crippen LogP contribution in [0.3, 0.4) is 0 Å². The van der Waals surface area contributed by atoms with Crippen molar-refractivity contribution < 1.29 is 9.59 Å². The van der Waals surface area contributed by atoms with Gasteiger partial charge in [0.05, 0.1) is 5.92 Å². The first-order chi connectivity index (χ1) is 9.70. The molecule has 0 spiro atoms. The molecule has 1 aliphatic rings. The fourth-order valence-electron chi connectivity index (χ4n) is 2.20. The number of carbonyl (C=O) groups excluding carboxylic acids is 2. The fraction of sp³-hybridized carbons (Fsp3) is 0.375. The minimum absolute atomic E-state index is 0.0544. The zero-order valence-electron chi connectivity index (χ0n) is 11.2. The SMILES string of the molecule is C#CCCCSC(=O)CC1Cc2ccccc2NC1=O. The van der Waals surface area contributed by atoms with Gasteiger partial charge in [-0.2, -0.15) is 0 Å². The summed E-state index contributed by atoms with van der Waals surface area (Å²) < 4.78 is 0. The van der Waals surface area contributed by atoms with Gasteiger partial charge in [0.1, 0.15) is 0 Å². The van der Waals surface area contributed by atoms with Gasteiger partial charge in [-0.15, -0.1) is 12.3 Å². The summed E-state index contributed by atoms with van der Waals surface area (Å²) >= 11 is 1.28. The molecule has 0 fully saturated rings. The summed E-state index contributed by atoms with van der Waals surface area (Å²) in [5, 5.41) is 2.94. The average Bonchev–Trinajstić information content (AvgIpc) is 2.44. The Bertz CT molecular complexity index is 548. The third-order valence-corrected chi connectivity index (χ3v) is 4.24. The van der Waals surface area contributed by atoms with Crippen LogP contribution in [0, 0.1) is 18.3 Å². The maximum Gasteiger partial charge on any atom is 0.228 e. The van der Waals surface area contributed by atoms with E-state index in [1.807, 2.05) is 24.3 Å². The Morgan fingerprint density at radius 3 is 3.05 bits per heavy atom. The van der Waals surface area contributed by atoms with E-state index in [0.717, 1.165) is 23.4 Å². The number of fused-ring (bicyclic) bond motifs is 1. The summed E-state index contributed by atoms with van der Waals surface area (Å²) in [6.45, 7) is 0. The molecular weight excluding hydrogens is 270 g/mol. The number of unbranched alkanes of at least 4 members (excludes halogenated alkanes) is 1. The largest absolute Gasteiger partial charge is 0.326 e. The van der Waals surface area contributed by atoms with Crippen molar-refractivity contribution in [3.05, 3.63) is 29.8 Å². The number of benzene rings is 1. The Kier molecular flexibility index (Phi) is 5.25. The lowest BCUT2D eigenvalue weighted by atomic mass is 9.91. The zero-order chi connectivity index (χ0) is 14.4. The molecule has 20 heavy (non-hydrogen) atoms. The molecule has 1 aromatic carbocycles. The summed E-state index contributed by atoms with van der Waals surface area (Å²) in [5.74, 6) is 2.98. The van der Waals surface area contributed by atoms with Crippen LogP contribution in [0.2, 0.25) is 0 Å². The summed E-state index contributed by atoms with van der Waals surface area (Å²) in [5.41, 5.74) is 1.96. The van der Waals surface area contributed by atoms with E-state index >= 15 is 0 Å². The van der Waals surface area contributed by atoms with Gasteiger partial charge < -0.3 is 5.32 Å². The van der Waals surface area contributed by atoms with Gasteiger partial charge in [0.2, 0.25) is 5.91 Å². The number of carbonyl (C=O) groups is 2. The number of hydrogen-bond acceptors (Lipinski definition) is 3. The van der Waals surface area contributed by atoms with Gasteiger partial charge in [-0.3, -0.25) is 9.59 Å². The Balaban J connectivity index is 1.86. The molecule has 0 saturated carbocycles. The number of anilines is 1. The van der Waals surface area contributed by atoms with E-state index in [9.17, 15) is 9.59 Å². The molecule has 0 aromatic heterocycles. The second-order valence-electron chi connectivity index (χ2n) is 4.78. The van der Waals surface area contributed by atoms with Crippen LogP contribution in [0.25, 0.3) is 0 Å². The smallest absolute Gasteiger partial charge is 0.228 e. The van der Waals surface area contributed by atoms with Crippen LogP contribution < -0.4 is 5.32 Å². The molecule has 3 nitrogen and oxygen atoms in total. The molecule has 1 amide bonds. The highest BCUT2D eigenvalue weighted by Gasteiger charge is 2.27. The molecule has 0 bridgehead atoms. The van der Waals surface area contributed by atoms with Crippen LogP contribution in [0.1, 0.15) is 24.8 Å². The lowest BCUT2D eigenvalue weighted by molar-refractivity contribution is -0.123. The Labute approximate surface area is 123 Å². The maximum atomic E-state index is 12.0. The molecule has 1 unspecified atom stereocenters. The van der Waals surface area contributed by atoms with Crippen molar-refractivity contribution in [1.29, 1.82) is 0 Å². The molecule has 0 saturated heterocycles. The Morgan fingerprint density at radius 2 is 2.25 bits per heavy atom. The Morgan fingerprint density at radius 1 is 1.45 bits per heavy atom. The van der Waals surface area contributed by atoms with E-state index in [2.05, 4.69) is 11.2 Å². The normalized spacial score (nSPS) is 16.9. The molecule has 1 aromatic rings. The topological polar surface area (TPSA) is 46.2 Å². The number of amides is 1. The summed E-state index contributed by atoms with van der Waals surface area (Å²) in [7, 11) is 0. The van der Waals surface area contributed by atoms with Crippen molar-refractivity contribution >= 4 is 28.5 Å². The molecular formula is C16H17NO2S. The molecule has 2 rings (SSSR count). The van der Waals surface area contributed by atoms with Crippen molar-refractivity contribution in [2.75, 3.05) is 11.1 Å². The molecule has 104 valence electrons. The van der Waals surface area contributed by atoms with Crippen LogP contribution in [0.15, 0.2) is 24.3 Å². The zero-order valence-corrected chi connectivity index (χ0v) is 12.0. The lowest BCUT2D eigenvalue weighted by Crippen LogP contribution is -2.31. The molecule has 1 atom stereocenters. The number of hydrogen-bond donors (Lipinski definition) is 1. The quantitative estimate of drug-likeness (QED) is 0.669. The third-order valence-electron chi connectivity index (χ3n) is 3.25. The first kappa shape index (κ1) is 14.7. The van der Waals surface area contributed by atoms with Gasteiger partial charge >= 0.3 is 0 Å². The van der Waals surface area contributed by atoms with E-state index in [1.165, 1.54) is 11.8 Å².